The van der Waals surface area contributed by atoms with E-state index < -0.39 is 0 Å². The Bertz CT molecular complexity index is 411. The number of rotatable bonds is 6. The third-order valence-electron chi connectivity index (χ3n) is 3.62. The van der Waals surface area contributed by atoms with Crippen LogP contribution in [0.5, 0.6) is 0 Å². The molecule has 0 bridgehead atoms. The van der Waals surface area contributed by atoms with Gasteiger partial charge in [-0.25, -0.2) is 4.98 Å². The molecule has 0 saturated carbocycles. The zero-order valence-corrected chi connectivity index (χ0v) is 14.7. The molecule has 0 atom stereocenters. The first kappa shape index (κ1) is 16.6. The molecule has 1 N–H and O–H groups in total. The van der Waals surface area contributed by atoms with E-state index in [1.54, 1.807) is 11.3 Å². The van der Waals surface area contributed by atoms with Gasteiger partial charge in [0.1, 0.15) is 4.34 Å². The maximum absolute atomic E-state index is 4.78. The Morgan fingerprint density at radius 1 is 1.52 bits per heavy atom. The lowest BCUT2D eigenvalue weighted by Gasteiger charge is -2.33. The topological polar surface area (TPSA) is 40.5 Å². The van der Waals surface area contributed by atoms with Gasteiger partial charge in [-0.2, -0.15) is 0 Å². The molecule has 1 aliphatic heterocycles. The highest BCUT2D eigenvalue weighted by atomic mass is 32.2. The van der Waals surface area contributed by atoms with Crippen LogP contribution in [-0.4, -0.2) is 47.8 Å². The van der Waals surface area contributed by atoms with Crippen LogP contribution in [-0.2, 0) is 0 Å². The quantitative estimate of drug-likeness (QED) is 0.377. The Morgan fingerprint density at radius 3 is 3.00 bits per heavy atom. The summed E-state index contributed by atoms with van der Waals surface area (Å²) in [6.45, 7) is 8.60. The van der Waals surface area contributed by atoms with Gasteiger partial charge in [-0.05, 0) is 32.1 Å². The molecule has 118 valence electrons. The van der Waals surface area contributed by atoms with Crippen molar-refractivity contribution in [2.45, 2.75) is 37.4 Å². The number of piperidine rings is 1. The highest BCUT2D eigenvalue weighted by molar-refractivity contribution is 8.00. The van der Waals surface area contributed by atoms with Crippen molar-refractivity contribution < 1.29 is 0 Å². The molecule has 2 rings (SSSR count). The second kappa shape index (κ2) is 9.30. The van der Waals surface area contributed by atoms with Crippen LogP contribution >= 0.6 is 23.1 Å². The van der Waals surface area contributed by atoms with E-state index in [2.05, 4.69) is 29.0 Å². The Morgan fingerprint density at radius 2 is 2.33 bits per heavy atom. The van der Waals surface area contributed by atoms with E-state index in [0.717, 1.165) is 54.6 Å². The van der Waals surface area contributed by atoms with Crippen molar-refractivity contribution in [3.8, 4) is 0 Å². The lowest BCUT2D eigenvalue weighted by atomic mass is 10.00. The first-order valence-corrected chi connectivity index (χ1v) is 9.71. The molecule has 1 aliphatic rings. The number of aliphatic imine (C=N–C) groups is 1. The largest absolute Gasteiger partial charge is 0.357 e. The van der Waals surface area contributed by atoms with Crippen molar-refractivity contribution in [1.82, 2.24) is 15.2 Å². The summed E-state index contributed by atoms with van der Waals surface area (Å²) in [4.78, 5) is 11.5. The predicted octanol–water partition coefficient (Wildman–Crippen LogP) is 3.32. The zero-order valence-electron chi connectivity index (χ0n) is 13.0. The number of guanidine groups is 1. The SMILES string of the molecule is CCNC(=NCCCSc1nccs1)N1CCC(C)CC1. The Balaban J connectivity index is 1.72. The molecular weight excluding hydrogens is 300 g/mol. The van der Waals surface area contributed by atoms with Gasteiger partial charge in [0, 0.05) is 43.5 Å². The van der Waals surface area contributed by atoms with E-state index in [-0.39, 0.29) is 0 Å². The third kappa shape index (κ3) is 5.87. The molecule has 0 spiro atoms. The fraction of sp³-hybridized carbons (Fsp3) is 0.733. The Hall–Kier alpha value is -0.750. The molecule has 1 aromatic heterocycles. The van der Waals surface area contributed by atoms with Gasteiger partial charge in [-0.15, -0.1) is 11.3 Å². The lowest BCUT2D eigenvalue weighted by molar-refractivity contribution is 0.273. The van der Waals surface area contributed by atoms with Crippen LogP contribution in [0.1, 0.15) is 33.1 Å². The highest BCUT2D eigenvalue weighted by Crippen LogP contribution is 2.20. The number of thioether (sulfide) groups is 1. The molecule has 1 aromatic rings. The number of likely N-dealkylation sites (tertiary alicyclic amines) is 1. The van der Waals surface area contributed by atoms with Crippen molar-refractivity contribution in [2.75, 3.05) is 31.9 Å². The van der Waals surface area contributed by atoms with Gasteiger partial charge in [0.15, 0.2) is 5.96 Å². The minimum Gasteiger partial charge on any atom is -0.357 e. The van der Waals surface area contributed by atoms with Crippen LogP contribution in [0.4, 0.5) is 0 Å². The summed E-state index contributed by atoms with van der Waals surface area (Å²) in [5, 5.41) is 5.46. The molecule has 0 radical (unpaired) electrons. The predicted molar refractivity (Wildman–Crippen MR) is 93.4 cm³/mol. The molecule has 6 heteroatoms. The average Bonchev–Trinajstić information content (AvgIpc) is 3.00. The number of nitrogens with zero attached hydrogens (tertiary/aromatic N) is 3. The van der Waals surface area contributed by atoms with Crippen molar-refractivity contribution >= 4 is 29.1 Å². The van der Waals surface area contributed by atoms with E-state index in [1.807, 2.05) is 23.3 Å². The maximum atomic E-state index is 4.78. The van der Waals surface area contributed by atoms with E-state index in [9.17, 15) is 0 Å². The lowest BCUT2D eigenvalue weighted by Crippen LogP contribution is -2.45. The van der Waals surface area contributed by atoms with Gasteiger partial charge in [-0.3, -0.25) is 4.99 Å². The number of aromatic nitrogens is 1. The normalized spacial score (nSPS) is 17.2. The monoisotopic (exact) mass is 326 g/mol. The fourth-order valence-electron chi connectivity index (χ4n) is 2.34. The Kier molecular flexibility index (Phi) is 7.36. The standard InChI is InChI=1S/C15H26N4S2/c1-3-16-14(19-9-5-13(2)6-10-19)17-7-4-11-20-15-18-8-12-21-15/h8,12-13H,3-7,9-11H2,1-2H3,(H,16,17). The number of thiazole rings is 1. The van der Waals surface area contributed by atoms with Crippen LogP contribution in [0.25, 0.3) is 0 Å². The van der Waals surface area contributed by atoms with E-state index >= 15 is 0 Å². The van der Waals surface area contributed by atoms with E-state index in [4.69, 9.17) is 4.99 Å². The third-order valence-corrected chi connectivity index (χ3v) is 5.67. The number of nitrogens with one attached hydrogen (secondary N) is 1. The van der Waals surface area contributed by atoms with Crippen molar-refractivity contribution in [3.63, 3.8) is 0 Å². The smallest absolute Gasteiger partial charge is 0.193 e. The molecular formula is C15H26N4S2. The molecule has 21 heavy (non-hydrogen) atoms. The minimum absolute atomic E-state index is 0.860. The summed E-state index contributed by atoms with van der Waals surface area (Å²) >= 11 is 3.55. The average molecular weight is 327 g/mol. The molecule has 0 aliphatic carbocycles. The summed E-state index contributed by atoms with van der Waals surface area (Å²) in [6.07, 6.45) is 5.53. The van der Waals surface area contributed by atoms with Gasteiger partial charge < -0.3 is 10.2 Å². The van der Waals surface area contributed by atoms with Crippen LogP contribution in [0.3, 0.4) is 0 Å². The molecule has 0 amide bonds. The molecule has 0 unspecified atom stereocenters. The molecule has 0 aromatic carbocycles. The van der Waals surface area contributed by atoms with Gasteiger partial charge in [0.05, 0.1) is 0 Å². The highest BCUT2D eigenvalue weighted by Gasteiger charge is 2.18. The number of hydrogen-bond acceptors (Lipinski definition) is 4. The second-order valence-electron chi connectivity index (χ2n) is 5.41. The summed E-state index contributed by atoms with van der Waals surface area (Å²) in [5.74, 6) is 3.05. The van der Waals surface area contributed by atoms with Gasteiger partial charge in [0.25, 0.3) is 0 Å². The van der Waals surface area contributed by atoms with E-state index in [1.165, 1.54) is 12.8 Å². The fourth-order valence-corrected chi connectivity index (χ4v) is 3.97. The maximum Gasteiger partial charge on any atom is 0.193 e. The van der Waals surface area contributed by atoms with Crippen LogP contribution < -0.4 is 5.32 Å². The summed E-state index contributed by atoms with van der Waals surface area (Å²) in [7, 11) is 0. The van der Waals surface area contributed by atoms with Crippen molar-refractivity contribution in [1.29, 1.82) is 0 Å². The molecule has 4 nitrogen and oxygen atoms in total. The van der Waals surface area contributed by atoms with Crippen LogP contribution in [0, 0.1) is 5.92 Å². The Labute approximate surface area is 136 Å². The van der Waals surface area contributed by atoms with Gasteiger partial charge in [-0.1, -0.05) is 18.7 Å². The van der Waals surface area contributed by atoms with Gasteiger partial charge in [0.2, 0.25) is 0 Å². The zero-order chi connectivity index (χ0) is 14.9. The van der Waals surface area contributed by atoms with Crippen molar-refractivity contribution in [2.24, 2.45) is 10.9 Å². The number of hydrogen-bond donors (Lipinski definition) is 1. The summed E-state index contributed by atoms with van der Waals surface area (Å²) < 4.78 is 1.16. The van der Waals surface area contributed by atoms with Crippen LogP contribution in [0.15, 0.2) is 20.9 Å². The summed E-state index contributed by atoms with van der Waals surface area (Å²) in [6, 6.07) is 0. The first-order valence-electron chi connectivity index (χ1n) is 7.85. The molecule has 1 saturated heterocycles. The molecule has 2 heterocycles. The first-order chi connectivity index (χ1) is 10.3. The van der Waals surface area contributed by atoms with Crippen LogP contribution in [0.2, 0.25) is 0 Å². The molecule has 1 fully saturated rings. The minimum atomic E-state index is 0.860. The summed E-state index contributed by atoms with van der Waals surface area (Å²) in [5.41, 5.74) is 0. The second-order valence-corrected chi connectivity index (χ2v) is 7.64. The van der Waals surface area contributed by atoms with E-state index in [0.29, 0.717) is 0 Å². The van der Waals surface area contributed by atoms with Gasteiger partial charge >= 0.3 is 0 Å². The van der Waals surface area contributed by atoms with Crippen molar-refractivity contribution in [3.05, 3.63) is 11.6 Å².